The molecule has 2 amide bonds. The molecule has 3 rings (SSSR count). The van der Waals surface area contributed by atoms with Gasteiger partial charge < -0.3 is 24.8 Å². The zero-order valence-electron chi connectivity index (χ0n) is 17.9. The Morgan fingerprint density at radius 3 is 2.24 bits per heavy atom. The Kier molecular flexibility index (Phi) is 6.86. The van der Waals surface area contributed by atoms with E-state index in [9.17, 15) is 4.79 Å². The van der Waals surface area contributed by atoms with E-state index in [0.29, 0.717) is 13.1 Å². The molecule has 0 radical (unpaired) electrons. The van der Waals surface area contributed by atoms with Crippen molar-refractivity contribution in [2.24, 2.45) is 0 Å². The van der Waals surface area contributed by atoms with Crippen molar-refractivity contribution in [3.05, 3.63) is 48.0 Å². The number of ether oxygens (including phenoxy) is 1. The van der Waals surface area contributed by atoms with Gasteiger partial charge in [0.2, 0.25) is 0 Å². The summed E-state index contributed by atoms with van der Waals surface area (Å²) in [6.07, 6.45) is 0. The third-order valence-electron chi connectivity index (χ3n) is 5.56. The number of hydrogen-bond acceptors (Lipinski definition) is 4. The molecule has 1 fully saturated rings. The fraction of sp³-hybridized carbons (Fsp3) is 0.435. The molecule has 6 heteroatoms. The lowest BCUT2D eigenvalue weighted by atomic mass is 10.1. The number of aryl methyl sites for hydroxylation is 1. The van der Waals surface area contributed by atoms with E-state index in [1.54, 1.807) is 7.11 Å². The van der Waals surface area contributed by atoms with Gasteiger partial charge in [-0.1, -0.05) is 0 Å². The lowest BCUT2D eigenvalue weighted by Crippen LogP contribution is -2.50. The number of urea groups is 1. The number of carbonyl (C=O) groups excluding carboxylic acids is 1. The largest absolute Gasteiger partial charge is 0.497 e. The summed E-state index contributed by atoms with van der Waals surface area (Å²) in [5.41, 5.74) is 4.59. The molecule has 1 heterocycles. The van der Waals surface area contributed by atoms with Crippen molar-refractivity contribution in [1.82, 2.24) is 4.90 Å². The van der Waals surface area contributed by atoms with Gasteiger partial charge in [-0.25, -0.2) is 4.79 Å². The number of amides is 2. The summed E-state index contributed by atoms with van der Waals surface area (Å²) in [5.74, 6) is 0.777. The lowest BCUT2D eigenvalue weighted by molar-refractivity contribution is 0.208. The van der Waals surface area contributed by atoms with Crippen molar-refractivity contribution in [3.63, 3.8) is 0 Å². The quantitative estimate of drug-likeness (QED) is 0.795. The predicted molar refractivity (Wildman–Crippen MR) is 121 cm³/mol. The second-order valence-corrected chi connectivity index (χ2v) is 7.28. The van der Waals surface area contributed by atoms with Crippen LogP contribution in [0.25, 0.3) is 0 Å². The van der Waals surface area contributed by atoms with Crippen molar-refractivity contribution in [1.29, 1.82) is 0 Å². The molecule has 156 valence electrons. The molecule has 1 aliphatic rings. The minimum atomic E-state index is -0.0524. The van der Waals surface area contributed by atoms with Crippen LogP contribution in [-0.2, 0) is 0 Å². The number of rotatable bonds is 6. The first-order valence-electron chi connectivity index (χ1n) is 10.4. The van der Waals surface area contributed by atoms with Crippen LogP contribution in [-0.4, -0.2) is 57.3 Å². The van der Waals surface area contributed by atoms with E-state index in [1.165, 1.54) is 16.9 Å². The third kappa shape index (κ3) is 4.94. The van der Waals surface area contributed by atoms with Gasteiger partial charge in [0.15, 0.2) is 0 Å². The molecule has 1 saturated heterocycles. The first-order valence-corrected chi connectivity index (χ1v) is 10.4. The monoisotopic (exact) mass is 396 g/mol. The highest BCUT2D eigenvalue weighted by molar-refractivity contribution is 5.89. The summed E-state index contributed by atoms with van der Waals surface area (Å²) in [6.45, 7) is 11.6. The van der Waals surface area contributed by atoms with E-state index in [4.69, 9.17) is 4.74 Å². The Bertz CT molecular complexity index is 810. The van der Waals surface area contributed by atoms with Gasteiger partial charge >= 0.3 is 6.03 Å². The third-order valence-corrected chi connectivity index (χ3v) is 5.56. The van der Waals surface area contributed by atoms with Gasteiger partial charge in [0.05, 0.1) is 7.11 Å². The topological polar surface area (TPSA) is 48.0 Å². The molecular formula is C23H32N4O2. The SMILES string of the molecule is CCN(CC)c1ccc(N2CCN(C(=O)Nc3ccc(OC)cc3)CC2)c(C)c1. The number of anilines is 3. The van der Waals surface area contributed by atoms with E-state index in [2.05, 4.69) is 54.1 Å². The molecule has 0 aliphatic carbocycles. The maximum Gasteiger partial charge on any atom is 0.321 e. The van der Waals surface area contributed by atoms with Gasteiger partial charge in [0.1, 0.15) is 5.75 Å². The molecular weight excluding hydrogens is 364 g/mol. The minimum Gasteiger partial charge on any atom is -0.497 e. The second kappa shape index (κ2) is 9.54. The van der Waals surface area contributed by atoms with Gasteiger partial charge in [-0.15, -0.1) is 0 Å². The molecule has 1 aliphatic heterocycles. The van der Waals surface area contributed by atoms with Gasteiger partial charge in [-0.05, 0) is 68.8 Å². The molecule has 29 heavy (non-hydrogen) atoms. The summed E-state index contributed by atoms with van der Waals surface area (Å²) < 4.78 is 5.16. The fourth-order valence-electron chi connectivity index (χ4n) is 3.81. The average molecular weight is 397 g/mol. The maximum absolute atomic E-state index is 12.6. The highest BCUT2D eigenvalue weighted by atomic mass is 16.5. The van der Waals surface area contributed by atoms with Gasteiger partial charge in [0.25, 0.3) is 0 Å². The van der Waals surface area contributed by atoms with E-state index in [1.807, 2.05) is 29.2 Å². The molecule has 0 spiro atoms. The molecule has 2 aromatic carbocycles. The summed E-state index contributed by atoms with van der Waals surface area (Å²) >= 11 is 0. The zero-order chi connectivity index (χ0) is 20.8. The second-order valence-electron chi connectivity index (χ2n) is 7.28. The highest BCUT2D eigenvalue weighted by Crippen LogP contribution is 2.27. The fourth-order valence-corrected chi connectivity index (χ4v) is 3.81. The van der Waals surface area contributed by atoms with Gasteiger partial charge in [-0.2, -0.15) is 0 Å². The van der Waals surface area contributed by atoms with Crippen LogP contribution in [0.15, 0.2) is 42.5 Å². The molecule has 0 atom stereocenters. The number of piperazine rings is 1. The van der Waals surface area contributed by atoms with Crippen LogP contribution in [0.5, 0.6) is 5.75 Å². The Morgan fingerprint density at radius 1 is 1.03 bits per heavy atom. The zero-order valence-corrected chi connectivity index (χ0v) is 17.9. The van der Waals surface area contributed by atoms with Crippen LogP contribution in [0.3, 0.4) is 0 Å². The highest BCUT2D eigenvalue weighted by Gasteiger charge is 2.22. The smallest absolute Gasteiger partial charge is 0.321 e. The minimum absolute atomic E-state index is 0.0524. The summed E-state index contributed by atoms with van der Waals surface area (Å²) in [7, 11) is 1.63. The van der Waals surface area contributed by atoms with E-state index < -0.39 is 0 Å². The number of carbonyl (C=O) groups is 1. The normalized spacial score (nSPS) is 13.9. The number of methoxy groups -OCH3 is 1. The Labute approximate surface area is 174 Å². The van der Waals surface area contributed by atoms with Crippen LogP contribution in [0, 0.1) is 6.92 Å². The molecule has 0 saturated carbocycles. The van der Waals surface area contributed by atoms with Crippen LogP contribution in [0.4, 0.5) is 21.9 Å². The van der Waals surface area contributed by atoms with Crippen molar-refractivity contribution in [3.8, 4) is 5.75 Å². The van der Waals surface area contributed by atoms with Crippen molar-refractivity contribution < 1.29 is 9.53 Å². The number of hydrogen-bond donors (Lipinski definition) is 1. The van der Waals surface area contributed by atoms with Gasteiger partial charge in [0, 0.05) is 56.3 Å². The molecule has 0 unspecified atom stereocenters. The molecule has 2 aromatic rings. The van der Waals surface area contributed by atoms with Crippen LogP contribution in [0.2, 0.25) is 0 Å². The van der Waals surface area contributed by atoms with Gasteiger partial charge in [-0.3, -0.25) is 0 Å². The van der Waals surface area contributed by atoms with E-state index >= 15 is 0 Å². The number of nitrogens with zero attached hydrogens (tertiary/aromatic N) is 3. The Balaban J connectivity index is 1.57. The predicted octanol–water partition coefficient (Wildman–Crippen LogP) is 4.20. The first kappa shape index (κ1) is 20.8. The summed E-state index contributed by atoms with van der Waals surface area (Å²) in [6, 6.07) is 14.0. The molecule has 0 bridgehead atoms. The van der Waals surface area contributed by atoms with E-state index in [-0.39, 0.29) is 6.03 Å². The number of benzene rings is 2. The van der Waals surface area contributed by atoms with Crippen LogP contribution in [0.1, 0.15) is 19.4 Å². The number of nitrogens with one attached hydrogen (secondary N) is 1. The molecule has 0 aromatic heterocycles. The Hall–Kier alpha value is -2.89. The van der Waals surface area contributed by atoms with Crippen molar-refractivity contribution >= 4 is 23.1 Å². The van der Waals surface area contributed by atoms with Crippen molar-refractivity contribution in [2.45, 2.75) is 20.8 Å². The molecule has 1 N–H and O–H groups in total. The summed E-state index contributed by atoms with van der Waals surface area (Å²) in [5, 5.41) is 2.97. The first-order chi connectivity index (χ1) is 14.0. The standard InChI is InChI=1S/C23H32N4O2/c1-5-25(6-2)20-9-12-22(18(3)17-20)26-13-15-27(16-14-26)23(28)24-19-7-10-21(29-4)11-8-19/h7-12,17H,5-6,13-16H2,1-4H3,(H,24,28). The van der Waals surface area contributed by atoms with Crippen LogP contribution < -0.4 is 19.9 Å². The molecule has 6 nitrogen and oxygen atoms in total. The van der Waals surface area contributed by atoms with Crippen LogP contribution >= 0.6 is 0 Å². The summed E-state index contributed by atoms with van der Waals surface area (Å²) in [4.78, 5) is 19.2. The Morgan fingerprint density at radius 2 is 1.69 bits per heavy atom. The van der Waals surface area contributed by atoms with E-state index in [0.717, 1.165) is 37.6 Å². The average Bonchev–Trinajstić information content (AvgIpc) is 2.75. The van der Waals surface area contributed by atoms with Crippen molar-refractivity contribution in [2.75, 3.05) is 61.5 Å². The lowest BCUT2D eigenvalue weighted by Gasteiger charge is -2.37. The maximum atomic E-state index is 12.6.